The summed E-state index contributed by atoms with van der Waals surface area (Å²) in [6.45, 7) is 18.3. The Hall–Kier alpha value is -5.08. The largest absolute Gasteiger partial charge is 0.314 e. The first kappa shape index (κ1) is 37.2. The molecule has 2 heteroatoms. The maximum Gasteiger partial charge on any atom is 0.0540 e. The fraction of sp³-hybridized carbons (Fsp3) is 0.308. The highest BCUT2D eigenvalue weighted by Gasteiger charge is 2.33. The number of benzene rings is 4. The van der Waals surface area contributed by atoms with E-state index in [4.69, 9.17) is 0 Å². The zero-order chi connectivity index (χ0) is 38.0. The van der Waals surface area contributed by atoms with Gasteiger partial charge in [0.1, 0.15) is 0 Å². The molecule has 0 N–H and O–H groups in total. The molecule has 0 amide bonds. The average Bonchev–Trinajstić information content (AvgIpc) is 3.49. The molecule has 7 rings (SSSR count). The van der Waals surface area contributed by atoms with E-state index in [1.54, 1.807) is 0 Å². The SMILES string of the molecule is C/C=C(\C=C/CC)N(C1=CC=CCC1)c1cc2c(c3cc(C(C)(C)C)ccc13)C=C(N(c1ccccc1)c1ccc(C)cc1)C1C=CC(C(C)C)=CC2C1. The molecule has 0 fully saturated rings. The van der Waals surface area contributed by atoms with Crippen LogP contribution in [0.15, 0.2) is 156 Å². The van der Waals surface area contributed by atoms with Gasteiger partial charge in [-0.1, -0.05) is 132 Å². The van der Waals surface area contributed by atoms with Crippen LogP contribution in [0, 0.1) is 18.8 Å². The first-order chi connectivity index (χ1) is 26.1. The summed E-state index contributed by atoms with van der Waals surface area (Å²) >= 11 is 0. The molecule has 3 aliphatic carbocycles. The number of rotatable bonds is 9. The van der Waals surface area contributed by atoms with Gasteiger partial charge in [0.25, 0.3) is 0 Å². The zero-order valence-corrected chi connectivity index (χ0v) is 33.7. The van der Waals surface area contributed by atoms with E-state index < -0.39 is 0 Å². The van der Waals surface area contributed by atoms with Gasteiger partial charge in [-0.25, -0.2) is 0 Å². The highest BCUT2D eigenvalue weighted by molar-refractivity contribution is 6.03. The minimum Gasteiger partial charge on any atom is -0.314 e. The Kier molecular flexibility index (Phi) is 10.8. The van der Waals surface area contributed by atoms with Crippen LogP contribution < -0.4 is 9.80 Å². The second kappa shape index (κ2) is 15.7. The summed E-state index contributed by atoms with van der Waals surface area (Å²) in [6.07, 6.45) is 27.9. The van der Waals surface area contributed by atoms with Crippen LogP contribution in [0.3, 0.4) is 0 Å². The Morgan fingerprint density at radius 2 is 1.67 bits per heavy atom. The summed E-state index contributed by atoms with van der Waals surface area (Å²) in [5.41, 5.74) is 14.3. The average molecular weight is 711 g/mol. The number of allylic oxidation sites excluding steroid dienone is 11. The third kappa shape index (κ3) is 7.49. The molecule has 4 aromatic rings. The van der Waals surface area contributed by atoms with Crippen molar-refractivity contribution >= 4 is 33.9 Å². The summed E-state index contributed by atoms with van der Waals surface area (Å²) in [5.74, 6) is 0.879. The molecule has 4 aromatic carbocycles. The monoisotopic (exact) mass is 710 g/mol. The summed E-state index contributed by atoms with van der Waals surface area (Å²) < 4.78 is 0. The van der Waals surface area contributed by atoms with Gasteiger partial charge in [-0.05, 0) is 133 Å². The number of hydrogen-bond donors (Lipinski definition) is 0. The van der Waals surface area contributed by atoms with E-state index in [0.717, 1.165) is 25.7 Å². The molecule has 2 atom stereocenters. The lowest BCUT2D eigenvalue weighted by molar-refractivity contribution is 0.591. The van der Waals surface area contributed by atoms with Crippen molar-refractivity contribution in [2.24, 2.45) is 11.8 Å². The molecule has 54 heavy (non-hydrogen) atoms. The smallest absolute Gasteiger partial charge is 0.0540 e. The van der Waals surface area contributed by atoms with Crippen LogP contribution >= 0.6 is 0 Å². The van der Waals surface area contributed by atoms with Gasteiger partial charge in [-0.3, -0.25) is 0 Å². The van der Waals surface area contributed by atoms with Crippen LogP contribution in [0.2, 0.25) is 0 Å². The fourth-order valence-corrected chi connectivity index (χ4v) is 8.30. The molecule has 0 saturated heterocycles. The predicted molar refractivity (Wildman–Crippen MR) is 235 cm³/mol. The van der Waals surface area contributed by atoms with Crippen molar-refractivity contribution in [2.75, 3.05) is 9.80 Å². The highest BCUT2D eigenvalue weighted by Crippen LogP contribution is 2.49. The molecular weight excluding hydrogens is 653 g/mol. The Morgan fingerprint density at radius 3 is 2.33 bits per heavy atom. The Bertz CT molecular complexity index is 2210. The molecule has 2 nitrogen and oxygen atoms in total. The fourth-order valence-electron chi connectivity index (χ4n) is 8.30. The van der Waals surface area contributed by atoms with Crippen molar-refractivity contribution in [3.63, 3.8) is 0 Å². The Labute approximate surface area is 325 Å². The first-order valence-electron chi connectivity index (χ1n) is 20.2. The van der Waals surface area contributed by atoms with Crippen LogP contribution in [0.4, 0.5) is 17.1 Å². The number of nitrogens with zero attached hydrogens (tertiary/aromatic N) is 2. The van der Waals surface area contributed by atoms with E-state index in [9.17, 15) is 0 Å². The highest BCUT2D eigenvalue weighted by atomic mass is 15.2. The minimum absolute atomic E-state index is 0.00186. The number of aryl methyl sites for hydroxylation is 1. The van der Waals surface area contributed by atoms with E-state index in [2.05, 4.69) is 205 Å². The summed E-state index contributed by atoms with van der Waals surface area (Å²) in [4.78, 5) is 5.08. The Balaban J connectivity index is 1.60. The maximum atomic E-state index is 2.60. The summed E-state index contributed by atoms with van der Waals surface area (Å²) in [7, 11) is 0. The molecule has 3 aliphatic rings. The lowest BCUT2D eigenvalue weighted by Gasteiger charge is -2.33. The second-order valence-electron chi connectivity index (χ2n) is 16.6. The van der Waals surface area contributed by atoms with Crippen molar-refractivity contribution in [3.8, 4) is 0 Å². The van der Waals surface area contributed by atoms with Crippen molar-refractivity contribution in [1.29, 1.82) is 0 Å². The van der Waals surface area contributed by atoms with E-state index in [1.807, 2.05) is 0 Å². The van der Waals surface area contributed by atoms with Crippen molar-refractivity contribution < 1.29 is 0 Å². The van der Waals surface area contributed by atoms with Gasteiger partial charge in [-0.2, -0.15) is 0 Å². The zero-order valence-electron chi connectivity index (χ0n) is 33.7. The minimum atomic E-state index is 0.00186. The van der Waals surface area contributed by atoms with E-state index in [0.29, 0.717) is 5.92 Å². The van der Waals surface area contributed by atoms with Crippen LogP contribution in [0.1, 0.15) is 102 Å². The number of fused-ring (bicyclic) bond motifs is 6. The number of para-hydroxylation sites is 1. The van der Waals surface area contributed by atoms with Gasteiger partial charge in [0.05, 0.1) is 5.69 Å². The maximum absolute atomic E-state index is 2.60. The van der Waals surface area contributed by atoms with Crippen LogP contribution in [-0.4, -0.2) is 0 Å². The van der Waals surface area contributed by atoms with Gasteiger partial charge in [0.2, 0.25) is 0 Å². The van der Waals surface area contributed by atoms with Crippen LogP contribution in [0.25, 0.3) is 16.8 Å². The molecule has 0 spiro atoms. The van der Waals surface area contributed by atoms with E-state index in [1.165, 1.54) is 72.8 Å². The second-order valence-corrected chi connectivity index (χ2v) is 16.6. The molecule has 0 saturated carbocycles. The molecule has 0 radical (unpaired) electrons. The molecule has 2 unspecified atom stereocenters. The summed E-state index contributed by atoms with van der Waals surface area (Å²) in [5, 5.41) is 2.61. The normalized spacial score (nSPS) is 18.6. The Morgan fingerprint density at radius 1 is 0.907 bits per heavy atom. The van der Waals surface area contributed by atoms with Crippen molar-refractivity contribution in [3.05, 3.63) is 178 Å². The van der Waals surface area contributed by atoms with Gasteiger partial charge < -0.3 is 9.80 Å². The lowest BCUT2D eigenvalue weighted by Crippen LogP contribution is -2.22. The number of anilines is 3. The molecule has 0 aliphatic heterocycles. The van der Waals surface area contributed by atoms with Gasteiger partial charge in [0.15, 0.2) is 0 Å². The topological polar surface area (TPSA) is 6.48 Å². The molecule has 0 heterocycles. The first-order valence-corrected chi connectivity index (χ1v) is 20.2. The van der Waals surface area contributed by atoms with E-state index in [-0.39, 0.29) is 17.3 Å². The molecule has 276 valence electrons. The molecule has 0 aromatic heterocycles. The third-order valence-electron chi connectivity index (χ3n) is 11.4. The van der Waals surface area contributed by atoms with Crippen LogP contribution in [-0.2, 0) is 5.41 Å². The van der Waals surface area contributed by atoms with E-state index >= 15 is 0 Å². The van der Waals surface area contributed by atoms with Gasteiger partial charge in [0, 0.05) is 45.7 Å². The van der Waals surface area contributed by atoms with Crippen molar-refractivity contribution in [1.82, 2.24) is 0 Å². The quantitative estimate of drug-likeness (QED) is 0.160. The van der Waals surface area contributed by atoms with Gasteiger partial charge >= 0.3 is 0 Å². The van der Waals surface area contributed by atoms with Crippen LogP contribution in [0.5, 0.6) is 0 Å². The standard InChI is InChI=1S/C52H58N2/c1-9-11-18-42(10-2)53(43-19-14-12-15-20-43)51-34-47-40-31-38(36(3)4)25-26-39(32-40)50(35-49(47)48-33-41(52(6,7)8)27-30-46(48)51)54(44-21-16-13-17-22-44)45-28-23-37(5)24-29-45/h10-14,16-19,21-31,33-36,39-40H,9,15,20,32H2,1-8H3/b18-11-,42-10+. The lowest BCUT2D eigenvalue weighted by atomic mass is 9.82. The van der Waals surface area contributed by atoms with Crippen molar-refractivity contribution in [2.45, 2.75) is 92.4 Å². The predicted octanol–water partition coefficient (Wildman–Crippen LogP) is 14.8. The summed E-state index contributed by atoms with van der Waals surface area (Å²) in [6, 6.07) is 29.9. The molecule has 2 bridgehead atoms. The number of hydrogen-bond acceptors (Lipinski definition) is 2. The van der Waals surface area contributed by atoms with Gasteiger partial charge in [-0.15, -0.1) is 0 Å². The molecular formula is C52H58N2. The third-order valence-corrected chi connectivity index (χ3v) is 11.4.